The van der Waals surface area contributed by atoms with E-state index in [0.29, 0.717) is 12.8 Å². The maximum absolute atomic E-state index is 10.9. The highest BCUT2D eigenvalue weighted by molar-refractivity contribution is 6.36. The average Bonchev–Trinajstić information content (AvgIpc) is 1.94. The fourth-order valence-electron chi connectivity index (χ4n) is 1.23. The Labute approximate surface area is 75.6 Å². The maximum atomic E-state index is 10.9. The zero-order valence-corrected chi connectivity index (χ0v) is 7.33. The topological polar surface area (TPSA) is 90.3 Å². The first-order valence-electron chi connectivity index (χ1n) is 4.09. The van der Waals surface area contributed by atoms with Crippen molar-refractivity contribution in [1.82, 2.24) is 5.32 Å². The lowest BCUT2D eigenvalue weighted by Gasteiger charge is -2.32. The highest BCUT2D eigenvalue weighted by Crippen LogP contribution is 2.27. The van der Waals surface area contributed by atoms with Gasteiger partial charge in [0.2, 0.25) is 0 Å². The number of carbonyl (C=O) groups is 2. The first-order valence-corrected chi connectivity index (χ1v) is 4.09. The smallest absolute Gasteiger partial charge is 0.306 e. The van der Waals surface area contributed by atoms with Crippen LogP contribution in [0.25, 0.3) is 0 Å². The molecule has 1 fully saturated rings. The van der Waals surface area contributed by atoms with Crippen molar-refractivity contribution in [2.45, 2.75) is 25.8 Å². The van der Waals surface area contributed by atoms with Crippen molar-refractivity contribution in [3.8, 4) is 0 Å². The lowest BCUT2D eigenvalue weighted by molar-refractivity contribution is -0.146. The molecule has 0 aromatic rings. The molecule has 1 aliphatic carbocycles. The van der Waals surface area contributed by atoms with E-state index in [2.05, 4.69) is 5.32 Å². The predicted octanol–water partition coefficient (Wildman–Crippen LogP) is 0.00547. The van der Waals surface area contributed by atoms with Crippen LogP contribution in [-0.2, 0) is 9.59 Å². The first-order chi connectivity index (χ1) is 6.00. The molecule has 72 valence electrons. The van der Waals surface area contributed by atoms with Crippen LogP contribution >= 0.6 is 0 Å². The van der Waals surface area contributed by atoms with Crippen LogP contribution in [-0.4, -0.2) is 28.7 Å². The van der Waals surface area contributed by atoms with Gasteiger partial charge in [-0.1, -0.05) is 0 Å². The van der Waals surface area contributed by atoms with Crippen molar-refractivity contribution in [3.05, 3.63) is 0 Å². The van der Waals surface area contributed by atoms with Gasteiger partial charge in [-0.25, -0.2) is 0 Å². The van der Waals surface area contributed by atoms with Gasteiger partial charge in [0.25, 0.3) is 5.91 Å². The summed E-state index contributed by atoms with van der Waals surface area (Å²) in [6, 6.07) is -0.0612. The highest BCUT2D eigenvalue weighted by Gasteiger charge is 2.35. The molecule has 3 N–H and O–H groups in total. The number of hydrogen-bond acceptors (Lipinski definition) is 3. The number of nitrogens with one attached hydrogen (secondary N) is 2. The molecule has 1 rings (SSSR count). The second-order valence-corrected chi connectivity index (χ2v) is 3.30. The fraction of sp³-hybridized carbons (Fsp3) is 0.625. The Morgan fingerprint density at radius 1 is 1.46 bits per heavy atom. The second kappa shape index (κ2) is 3.55. The summed E-state index contributed by atoms with van der Waals surface area (Å²) in [5, 5.41) is 18.1. The average molecular weight is 184 g/mol. The fourth-order valence-corrected chi connectivity index (χ4v) is 1.23. The van der Waals surface area contributed by atoms with Crippen LogP contribution in [0.3, 0.4) is 0 Å². The Balaban J connectivity index is 2.26. The van der Waals surface area contributed by atoms with E-state index in [1.807, 2.05) is 0 Å². The van der Waals surface area contributed by atoms with Crippen molar-refractivity contribution < 1.29 is 14.7 Å². The van der Waals surface area contributed by atoms with Crippen LogP contribution in [0.15, 0.2) is 0 Å². The van der Waals surface area contributed by atoms with Gasteiger partial charge in [-0.15, -0.1) is 0 Å². The quantitative estimate of drug-likeness (QED) is 0.539. The molecule has 1 amide bonds. The van der Waals surface area contributed by atoms with Crippen LogP contribution < -0.4 is 5.32 Å². The van der Waals surface area contributed by atoms with Gasteiger partial charge in [0, 0.05) is 6.04 Å². The molecule has 13 heavy (non-hydrogen) atoms. The summed E-state index contributed by atoms with van der Waals surface area (Å²) in [4.78, 5) is 21.3. The summed E-state index contributed by atoms with van der Waals surface area (Å²) in [5.41, 5.74) is -0.0428. The molecule has 0 aliphatic heterocycles. The molecule has 1 aliphatic rings. The van der Waals surface area contributed by atoms with E-state index >= 15 is 0 Å². The maximum Gasteiger partial charge on any atom is 0.306 e. The largest absolute Gasteiger partial charge is 0.481 e. The third-order valence-electron chi connectivity index (χ3n) is 2.16. The Morgan fingerprint density at radius 2 is 2.00 bits per heavy atom. The minimum atomic E-state index is -0.808. The Kier molecular flexibility index (Phi) is 2.65. The van der Waals surface area contributed by atoms with Crippen LogP contribution in [0.4, 0.5) is 0 Å². The Hall–Kier alpha value is -1.39. The number of carboxylic acids is 1. The number of rotatable bonds is 3. The summed E-state index contributed by atoms with van der Waals surface area (Å²) in [6.07, 6.45) is 0.961. The molecule has 0 heterocycles. The molecule has 1 saturated carbocycles. The van der Waals surface area contributed by atoms with Crippen molar-refractivity contribution in [2.24, 2.45) is 5.92 Å². The highest BCUT2D eigenvalue weighted by atomic mass is 16.4. The molecular formula is C8H12N2O3. The van der Waals surface area contributed by atoms with Gasteiger partial charge in [-0.05, 0) is 19.8 Å². The van der Waals surface area contributed by atoms with Gasteiger partial charge < -0.3 is 10.4 Å². The standard InChI is InChI=1S/C8H12N2O3/c1-4(9)7(11)10-6-2-5(3-6)8(12)13/h5-6,9H,2-3H2,1H3,(H,10,11)(H,12,13). The lowest BCUT2D eigenvalue weighted by atomic mass is 9.80. The summed E-state index contributed by atoms with van der Waals surface area (Å²) in [5.74, 6) is -1.54. The molecule has 0 aromatic heterocycles. The number of carboxylic acid groups (broad SMARTS) is 1. The molecule has 0 atom stereocenters. The van der Waals surface area contributed by atoms with E-state index in [1.54, 1.807) is 0 Å². The Bertz CT molecular complexity index is 256. The zero-order valence-electron chi connectivity index (χ0n) is 7.33. The summed E-state index contributed by atoms with van der Waals surface area (Å²) >= 11 is 0. The van der Waals surface area contributed by atoms with E-state index < -0.39 is 11.9 Å². The van der Waals surface area contributed by atoms with E-state index in [4.69, 9.17) is 10.5 Å². The zero-order chi connectivity index (χ0) is 10.0. The normalized spacial score (nSPS) is 25.9. The van der Waals surface area contributed by atoms with Crippen LogP contribution in [0.5, 0.6) is 0 Å². The summed E-state index contributed by atoms with van der Waals surface area (Å²) < 4.78 is 0. The van der Waals surface area contributed by atoms with Crippen molar-refractivity contribution in [3.63, 3.8) is 0 Å². The molecule has 0 bridgehead atoms. The summed E-state index contributed by atoms with van der Waals surface area (Å²) in [7, 11) is 0. The summed E-state index contributed by atoms with van der Waals surface area (Å²) in [6.45, 7) is 1.41. The molecule has 0 radical (unpaired) electrons. The second-order valence-electron chi connectivity index (χ2n) is 3.30. The van der Waals surface area contributed by atoms with Gasteiger partial charge in [0.15, 0.2) is 0 Å². The molecule has 0 unspecified atom stereocenters. The number of carbonyl (C=O) groups excluding carboxylic acids is 1. The number of amides is 1. The van der Waals surface area contributed by atoms with Gasteiger partial charge in [0.1, 0.15) is 0 Å². The van der Waals surface area contributed by atoms with E-state index in [0.717, 1.165) is 0 Å². The van der Waals surface area contributed by atoms with Crippen molar-refractivity contribution in [1.29, 1.82) is 5.41 Å². The van der Waals surface area contributed by atoms with Crippen molar-refractivity contribution >= 4 is 17.6 Å². The molecule has 5 heteroatoms. The molecular weight excluding hydrogens is 172 g/mol. The third-order valence-corrected chi connectivity index (χ3v) is 2.16. The monoisotopic (exact) mass is 184 g/mol. The van der Waals surface area contributed by atoms with E-state index in [9.17, 15) is 9.59 Å². The molecule has 0 saturated heterocycles. The number of aliphatic carboxylic acids is 1. The van der Waals surface area contributed by atoms with Gasteiger partial charge >= 0.3 is 5.97 Å². The van der Waals surface area contributed by atoms with Crippen molar-refractivity contribution in [2.75, 3.05) is 0 Å². The first kappa shape index (κ1) is 9.70. The SMILES string of the molecule is CC(=N)C(=O)NC1CC(C(=O)O)C1. The van der Waals surface area contributed by atoms with Gasteiger partial charge in [-0.3, -0.25) is 15.0 Å². The number of hydrogen-bond donors (Lipinski definition) is 3. The van der Waals surface area contributed by atoms with Gasteiger partial charge in [-0.2, -0.15) is 0 Å². The predicted molar refractivity (Wildman–Crippen MR) is 45.7 cm³/mol. The molecule has 0 spiro atoms. The van der Waals surface area contributed by atoms with Crippen LogP contribution in [0, 0.1) is 11.3 Å². The molecule has 0 aromatic carbocycles. The lowest BCUT2D eigenvalue weighted by Crippen LogP contribution is -2.48. The van der Waals surface area contributed by atoms with E-state index in [-0.39, 0.29) is 17.7 Å². The van der Waals surface area contributed by atoms with Gasteiger partial charge in [0.05, 0.1) is 11.6 Å². The Morgan fingerprint density at radius 3 is 2.38 bits per heavy atom. The van der Waals surface area contributed by atoms with Crippen LogP contribution in [0.1, 0.15) is 19.8 Å². The minimum Gasteiger partial charge on any atom is -0.481 e. The molecule has 5 nitrogen and oxygen atoms in total. The van der Waals surface area contributed by atoms with E-state index in [1.165, 1.54) is 6.92 Å². The van der Waals surface area contributed by atoms with Crippen LogP contribution in [0.2, 0.25) is 0 Å². The minimum absolute atomic E-state index is 0.0428. The third kappa shape index (κ3) is 2.27.